The van der Waals surface area contributed by atoms with Crippen LogP contribution < -0.4 is 15.8 Å². The van der Waals surface area contributed by atoms with E-state index in [9.17, 15) is 0 Å². The monoisotopic (exact) mass is 250 g/mol. The molecule has 0 saturated carbocycles. The number of rotatable bonds is 4. The molecular formula is C11H14N4OS. The molecule has 2 rings (SSSR count). The number of hydrogen-bond donors (Lipinski definition) is 2. The molecule has 2 heterocycles. The van der Waals surface area contributed by atoms with Gasteiger partial charge in [-0.3, -0.25) is 4.98 Å². The Bertz CT molecular complexity index is 512. The van der Waals surface area contributed by atoms with E-state index >= 15 is 0 Å². The summed E-state index contributed by atoms with van der Waals surface area (Å²) in [6.07, 6.45) is 1.78. The molecule has 0 aromatic carbocycles. The molecule has 0 unspecified atom stereocenters. The van der Waals surface area contributed by atoms with Crippen molar-refractivity contribution in [3.05, 3.63) is 29.6 Å². The predicted molar refractivity (Wildman–Crippen MR) is 69.4 cm³/mol. The second-order valence-corrected chi connectivity index (χ2v) is 4.32. The summed E-state index contributed by atoms with van der Waals surface area (Å²) in [7, 11) is 1.58. The molecule has 0 aliphatic heterocycles. The minimum absolute atomic E-state index is 0.415. The van der Waals surface area contributed by atoms with Gasteiger partial charge in [-0.05, 0) is 30.1 Å². The van der Waals surface area contributed by atoms with E-state index < -0.39 is 0 Å². The highest BCUT2D eigenvalue weighted by molar-refractivity contribution is 7.11. The number of nitrogens with zero attached hydrogens (tertiary/aromatic N) is 2. The molecule has 0 atom stereocenters. The molecule has 0 amide bonds. The van der Waals surface area contributed by atoms with E-state index in [0.717, 1.165) is 16.3 Å². The molecular weight excluding hydrogens is 236 g/mol. The largest absolute Gasteiger partial charge is 0.490 e. The summed E-state index contributed by atoms with van der Waals surface area (Å²) < 4.78 is 9.21. The SMILES string of the molecule is COc1c(N)nsc1NCc1ncccc1C. The van der Waals surface area contributed by atoms with Crippen molar-refractivity contribution < 1.29 is 4.74 Å². The first-order valence-electron chi connectivity index (χ1n) is 5.16. The molecule has 90 valence electrons. The number of nitrogens with one attached hydrogen (secondary N) is 1. The Kier molecular flexibility index (Phi) is 3.43. The van der Waals surface area contributed by atoms with Crippen molar-refractivity contribution in [1.29, 1.82) is 0 Å². The fourth-order valence-electron chi connectivity index (χ4n) is 1.47. The quantitative estimate of drug-likeness (QED) is 0.868. The third-order valence-electron chi connectivity index (χ3n) is 2.41. The summed E-state index contributed by atoms with van der Waals surface area (Å²) in [5, 5.41) is 4.06. The molecule has 0 bridgehead atoms. The standard InChI is InChI=1S/C11H14N4OS/c1-7-4-3-5-13-8(7)6-14-11-9(16-2)10(12)15-17-11/h3-5,14H,6H2,1-2H3,(H2,12,15). The zero-order chi connectivity index (χ0) is 12.3. The van der Waals surface area contributed by atoms with Crippen LogP contribution in [0.1, 0.15) is 11.3 Å². The van der Waals surface area contributed by atoms with E-state index in [0.29, 0.717) is 18.1 Å². The smallest absolute Gasteiger partial charge is 0.197 e. The molecule has 5 nitrogen and oxygen atoms in total. The van der Waals surface area contributed by atoms with Gasteiger partial charge in [-0.15, -0.1) is 0 Å². The van der Waals surface area contributed by atoms with E-state index in [1.807, 2.05) is 19.1 Å². The lowest BCUT2D eigenvalue weighted by Crippen LogP contribution is -2.03. The molecule has 0 radical (unpaired) electrons. The number of aromatic nitrogens is 2. The molecule has 0 fully saturated rings. The van der Waals surface area contributed by atoms with Crippen LogP contribution in [0.25, 0.3) is 0 Å². The summed E-state index contributed by atoms with van der Waals surface area (Å²) >= 11 is 1.29. The van der Waals surface area contributed by atoms with E-state index in [1.165, 1.54) is 11.5 Å². The minimum Gasteiger partial charge on any atom is -0.490 e. The van der Waals surface area contributed by atoms with Gasteiger partial charge in [0.15, 0.2) is 16.6 Å². The third kappa shape index (κ3) is 2.47. The van der Waals surface area contributed by atoms with Crippen LogP contribution in [0.4, 0.5) is 10.8 Å². The molecule has 0 aliphatic rings. The maximum Gasteiger partial charge on any atom is 0.197 e. The van der Waals surface area contributed by atoms with Crippen molar-refractivity contribution >= 4 is 22.4 Å². The Labute approximate surface area is 104 Å². The number of anilines is 2. The van der Waals surface area contributed by atoms with Gasteiger partial charge >= 0.3 is 0 Å². The molecule has 2 aromatic heterocycles. The van der Waals surface area contributed by atoms with Crippen LogP contribution in [0, 0.1) is 6.92 Å². The van der Waals surface area contributed by atoms with Crippen LogP contribution in [0.15, 0.2) is 18.3 Å². The van der Waals surface area contributed by atoms with Gasteiger partial charge in [0.2, 0.25) is 0 Å². The molecule has 0 saturated heterocycles. The van der Waals surface area contributed by atoms with E-state index in [4.69, 9.17) is 10.5 Å². The highest BCUT2D eigenvalue weighted by atomic mass is 32.1. The minimum atomic E-state index is 0.415. The first-order chi connectivity index (χ1) is 8.22. The lowest BCUT2D eigenvalue weighted by Gasteiger charge is -2.07. The second-order valence-electron chi connectivity index (χ2n) is 3.55. The van der Waals surface area contributed by atoms with Crippen molar-refractivity contribution in [2.75, 3.05) is 18.2 Å². The van der Waals surface area contributed by atoms with Gasteiger partial charge in [-0.1, -0.05) is 6.07 Å². The average Bonchev–Trinajstić information content (AvgIpc) is 2.69. The van der Waals surface area contributed by atoms with Crippen molar-refractivity contribution in [2.45, 2.75) is 13.5 Å². The Hall–Kier alpha value is -1.82. The van der Waals surface area contributed by atoms with Crippen molar-refractivity contribution in [3.8, 4) is 5.75 Å². The molecule has 17 heavy (non-hydrogen) atoms. The topological polar surface area (TPSA) is 73.1 Å². The highest BCUT2D eigenvalue weighted by Gasteiger charge is 2.11. The zero-order valence-electron chi connectivity index (χ0n) is 9.73. The van der Waals surface area contributed by atoms with Crippen LogP contribution in [0.3, 0.4) is 0 Å². The Morgan fingerprint density at radius 1 is 1.53 bits per heavy atom. The van der Waals surface area contributed by atoms with Gasteiger partial charge in [0.1, 0.15) is 0 Å². The van der Waals surface area contributed by atoms with Crippen molar-refractivity contribution in [1.82, 2.24) is 9.36 Å². The number of nitrogens with two attached hydrogens (primary N) is 1. The van der Waals surface area contributed by atoms with Crippen LogP contribution in [-0.4, -0.2) is 16.5 Å². The lowest BCUT2D eigenvalue weighted by molar-refractivity contribution is 0.419. The molecule has 0 aliphatic carbocycles. The Balaban J connectivity index is 2.10. The van der Waals surface area contributed by atoms with Crippen LogP contribution in [0.2, 0.25) is 0 Å². The summed E-state index contributed by atoms with van der Waals surface area (Å²) in [6.45, 7) is 2.66. The number of hydrogen-bond acceptors (Lipinski definition) is 6. The molecule has 0 spiro atoms. The number of pyridine rings is 1. The molecule has 2 aromatic rings. The summed E-state index contributed by atoms with van der Waals surface area (Å²) in [5.41, 5.74) is 7.82. The lowest BCUT2D eigenvalue weighted by atomic mass is 10.2. The Morgan fingerprint density at radius 2 is 2.35 bits per heavy atom. The first-order valence-corrected chi connectivity index (χ1v) is 5.93. The second kappa shape index (κ2) is 5.01. The molecule has 3 N–H and O–H groups in total. The number of ether oxygens (including phenoxy) is 1. The van der Waals surface area contributed by atoms with Gasteiger partial charge in [0, 0.05) is 6.20 Å². The van der Waals surface area contributed by atoms with Gasteiger partial charge in [0.05, 0.1) is 19.3 Å². The first kappa shape index (κ1) is 11.7. The van der Waals surface area contributed by atoms with Gasteiger partial charge < -0.3 is 15.8 Å². The molecule has 6 heteroatoms. The van der Waals surface area contributed by atoms with E-state index in [-0.39, 0.29) is 0 Å². The summed E-state index contributed by atoms with van der Waals surface area (Å²) in [6, 6.07) is 3.95. The fraction of sp³-hybridized carbons (Fsp3) is 0.273. The third-order valence-corrected chi connectivity index (χ3v) is 3.21. The zero-order valence-corrected chi connectivity index (χ0v) is 10.5. The summed E-state index contributed by atoms with van der Waals surface area (Å²) in [5.74, 6) is 1.02. The number of nitrogen functional groups attached to an aromatic ring is 1. The Morgan fingerprint density at radius 3 is 3.06 bits per heavy atom. The normalized spacial score (nSPS) is 10.2. The van der Waals surface area contributed by atoms with Crippen molar-refractivity contribution in [3.63, 3.8) is 0 Å². The summed E-state index contributed by atoms with van der Waals surface area (Å²) in [4.78, 5) is 4.31. The van der Waals surface area contributed by atoms with Crippen LogP contribution in [0.5, 0.6) is 5.75 Å². The van der Waals surface area contributed by atoms with Crippen LogP contribution >= 0.6 is 11.5 Å². The number of methoxy groups -OCH3 is 1. The maximum atomic E-state index is 5.67. The van der Waals surface area contributed by atoms with Crippen LogP contribution in [-0.2, 0) is 6.54 Å². The number of aryl methyl sites for hydroxylation is 1. The fourth-order valence-corrected chi connectivity index (χ4v) is 2.15. The van der Waals surface area contributed by atoms with Gasteiger partial charge in [0.25, 0.3) is 0 Å². The average molecular weight is 250 g/mol. The van der Waals surface area contributed by atoms with Gasteiger partial charge in [-0.25, -0.2) is 0 Å². The van der Waals surface area contributed by atoms with Gasteiger partial charge in [-0.2, -0.15) is 4.37 Å². The van der Waals surface area contributed by atoms with E-state index in [1.54, 1.807) is 13.3 Å². The van der Waals surface area contributed by atoms with E-state index in [2.05, 4.69) is 14.7 Å². The highest BCUT2D eigenvalue weighted by Crippen LogP contribution is 2.34. The maximum absolute atomic E-state index is 5.67. The van der Waals surface area contributed by atoms with Crippen molar-refractivity contribution in [2.24, 2.45) is 0 Å². The predicted octanol–water partition coefficient (Wildman–Crippen LogP) is 2.05.